The second-order valence-corrected chi connectivity index (χ2v) is 8.84. The third-order valence-electron chi connectivity index (χ3n) is 4.64. The molecule has 12 nitrogen and oxygen atoms in total. The lowest BCUT2D eigenvalue weighted by atomic mass is 10.0. The molecule has 1 rings (SSSR count). The number of rotatable bonds is 15. The van der Waals surface area contributed by atoms with Crippen LogP contribution in [0, 0.1) is 0 Å². The molecule has 6 N–H and O–H groups in total. The van der Waals surface area contributed by atoms with E-state index in [1.54, 1.807) is 0 Å². The molecular formula is C21H32N3O9P. The molecule has 0 bridgehead atoms. The van der Waals surface area contributed by atoms with Crippen LogP contribution in [0.2, 0.25) is 0 Å². The van der Waals surface area contributed by atoms with Crippen molar-refractivity contribution >= 4 is 31.5 Å². The summed E-state index contributed by atoms with van der Waals surface area (Å²) in [7, 11) is -4.72. The van der Waals surface area contributed by atoms with E-state index in [2.05, 4.69) is 20.5 Å². The van der Waals surface area contributed by atoms with Gasteiger partial charge in [-0.25, -0.2) is 4.57 Å². The van der Waals surface area contributed by atoms with Crippen LogP contribution in [-0.2, 0) is 30.2 Å². The number of hydrogen-bond donors (Lipinski definition) is 6. The number of hydrogen-bond acceptors (Lipinski definition) is 6. The lowest BCUT2D eigenvalue weighted by Crippen LogP contribution is -2.54. The van der Waals surface area contributed by atoms with Gasteiger partial charge < -0.3 is 25.6 Å². The summed E-state index contributed by atoms with van der Waals surface area (Å²) in [5, 5.41) is 16.7. The van der Waals surface area contributed by atoms with Crippen LogP contribution in [0.15, 0.2) is 24.3 Å². The first kappa shape index (κ1) is 29.1. The number of phosphoric acid groups is 1. The van der Waals surface area contributed by atoms with E-state index in [0.29, 0.717) is 12.1 Å². The van der Waals surface area contributed by atoms with Gasteiger partial charge in [0, 0.05) is 26.3 Å². The van der Waals surface area contributed by atoms with Gasteiger partial charge in [-0.05, 0) is 30.5 Å². The molecule has 2 atom stereocenters. The van der Waals surface area contributed by atoms with Crippen LogP contribution in [0.25, 0.3) is 0 Å². The molecule has 0 aromatic heterocycles. The van der Waals surface area contributed by atoms with Crippen molar-refractivity contribution in [3.8, 4) is 5.75 Å². The molecule has 0 fully saturated rings. The number of carbonyl (C=O) groups excluding carboxylic acids is 3. The molecule has 190 valence electrons. The highest BCUT2D eigenvalue weighted by molar-refractivity contribution is 7.46. The Hall–Kier alpha value is -2.95. The van der Waals surface area contributed by atoms with Gasteiger partial charge in [0.1, 0.15) is 17.8 Å². The molecule has 1 aromatic carbocycles. The van der Waals surface area contributed by atoms with Gasteiger partial charge in [0.2, 0.25) is 17.7 Å². The zero-order valence-electron chi connectivity index (χ0n) is 19.2. The summed E-state index contributed by atoms with van der Waals surface area (Å²) in [5.41, 5.74) is 0.540. The summed E-state index contributed by atoms with van der Waals surface area (Å²) in [4.78, 5) is 65.8. The average Bonchev–Trinajstić information content (AvgIpc) is 2.73. The molecule has 0 unspecified atom stereocenters. The molecule has 0 aliphatic rings. The first-order chi connectivity index (χ1) is 15.9. The van der Waals surface area contributed by atoms with E-state index >= 15 is 0 Å². The van der Waals surface area contributed by atoms with E-state index in [4.69, 9.17) is 14.9 Å². The fourth-order valence-corrected chi connectivity index (χ4v) is 3.43. The normalized spacial score (nSPS) is 12.8. The molecular weight excluding hydrogens is 469 g/mol. The van der Waals surface area contributed by atoms with Crippen LogP contribution in [0.1, 0.15) is 51.5 Å². The highest BCUT2D eigenvalue weighted by atomic mass is 31.2. The highest BCUT2D eigenvalue weighted by Crippen LogP contribution is 2.37. The predicted molar refractivity (Wildman–Crippen MR) is 122 cm³/mol. The first-order valence-electron chi connectivity index (χ1n) is 10.8. The minimum atomic E-state index is -4.72. The Bertz CT molecular complexity index is 886. The zero-order valence-corrected chi connectivity index (χ0v) is 20.0. The Balaban J connectivity index is 2.91. The van der Waals surface area contributed by atoms with Crippen LogP contribution in [0.5, 0.6) is 5.75 Å². The molecule has 0 heterocycles. The van der Waals surface area contributed by atoms with Crippen LogP contribution >= 0.6 is 7.82 Å². The molecule has 0 spiro atoms. The number of carbonyl (C=O) groups is 4. The summed E-state index contributed by atoms with van der Waals surface area (Å²) < 4.78 is 15.4. The van der Waals surface area contributed by atoms with E-state index < -0.39 is 43.6 Å². The number of aliphatic carboxylic acids is 1. The third kappa shape index (κ3) is 12.3. The minimum absolute atomic E-state index is 0.00533. The summed E-state index contributed by atoms with van der Waals surface area (Å²) in [6.45, 7) is 3.63. The maximum absolute atomic E-state index is 12.9. The second kappa shape index (κ2) is 14.3. The Labute approximate surface area is 197 Å². The number of phosphoric ester groups is 1. The quantitative estimate of drug-likeness (QED) is 0.149. The van der Waals surface area contributed by atoms with Gasteiger partial charge in [0.15, 0.2) is 0 Å². The number of carboxylic acid groups (broad SMARTS) is 1. The highest BCUT2D eigenvalue weighted by Gasteiger charge is 2.27. The topological polar surface area (TPSA) is 191 Å². The van der Waals surface area contributed by atoms with E-state index in [1.807, 2.05) is 6.92 Å². The third-order valence-corrected chi connectivity index (χ3v) is 5.09. The summed E-state index contributed by atoms with van der Waals surface area (Å²) in [6.07, 6.45) is 2.17. The van der Waals surface area contributed by atoms with Crippen molar-refractivity contribution in [2.24, 2.45) is 0 Å². The van der Waals surface area contributed by atoms with Gasteiger partial charge in [-0.2, -0.15) is 0 Å². The zero-order chi connectivity index (χ0) is 25.7. The van der Waals surface area contributed by atoms with Crippen molar-refractivity contribution in [1.82, 2.24) is 16.0 Å². The molecule has 0 aliphatic carbocycles. The smallest absolute Gasteiger partial charge is 0.481 e. The largest absolute Gasteiger partial charge is 0.524 e. The van der Waals surface area contributed by atoms with Crippen molar-refractivity contribution in [3.05, 3.63) is 29.8 Å². The molecule has 0 aliphatic heterocycles. The van der Waals surface area contributed by atoms with Crippen molar-refractivity contribution in [2.75, 3.05) is 6.54 Å². The van der Waals surface area contributed by atoms with Crippen molar-refractivity contribution < 1.29 is 43.2 Å². The van der Waals surface area contributed by atoms with E-state index in [9.17, 15) is 23.7 Å². The van der Waals surface area contributed by atoms with Gasteiger partial charge in [0.05, 0.1) is 0 Å². The number of amides is 3. The predicted octanol–water partition coefficient (Wildman–Crippen LogP) is 0.861. The standard InChI is InChI=1S/C21H32N3O9P/c1-3-4-5-12-22-20(28)17(10-11-19(26)27)24-21(29)18(23-14(2)25)13-15-6-8-16(9-7-15)33-34(30,31)32/h6-9,17-18H,3-5,10-13H2,1-2H3,(H,22,28)(H,23,25)(H,24,29)(H,26,27)(H2,30,31,32)/t17-,18-/m0/s1. The maximum Gasteiger partial charge on any atom is 0.524 e. The van der Waals surface area contributed by atoms with E-state index in [1.165, 1.54) is 31.2 Å². The maximum atomic E-state index is 12.9. The molecule has 0 saturated heterocycles. The minimum Gasteiger partial charge on any atom is -0.481 e. The van der Waals surface area contributed by atoms with Crippen LogP contribution in [0.3, 0.4) is 0 Å². The van der Waals surface area contributed by atoms with Gasteiger partial charge >= 0.3 is 13.8 Å². The lowest BCUT2D eigenvalue weighted by Gasteiger charge is -2.23. The lowest BCUT2D eigenvalue weighted by molar-refractivity contribution is -0.138. The summed E-state index contributed by atoms with van der Waals surface area (Å²) in [6, 6.07) is 3.37. The molecule has 13 heteroatoms. The monoisotopic (exact) mass is 501 g/mol. The van der Waals surface area contributed by atoms with Crippen LogP contribution < -0.4 is 20.5 Å². The van der Waals surface area contributed by atoms with Crippen molar-refractivity contribution in [3.63, 3.8) is 0 Å². The van der Waals surface area contributed by atoms with Crippen LogP contribution in [0.4, 0.5) is 0 Å². The van der Waals surface area contributed by atoms with Crippen molar-refractivity contribution in [2.45, 2.75) is 64.5 Å². The number of benzene rings is 1. The average molecular weight is 501 g/mol. The van der Waals surface area contributed by atoms with Crippen molar-refractivity contribution in [1.29, 1.82) is 0 Å². The Morgan fingerprint density at radius 2 is 1.65 bits per heavy atom. The Morgan fingerprint density at radius 1 is 1.00 bits per heavy atom. The summed E-state index contributed by atoms with van der Waals surface area (Å²) >= 11 is 0. The van der Waals surface area contributed by atoms with E-state index in [-0.39, 0.29) is 25.0 Å². The fourth-order valence-electron chi connectivity index (χ4n) is 3.03. The molecule has 0 radical (unpaired) electrons. The molecule has 34 heavy (non-hydrogen) atoms. The Morgan fingerprint density at radius 3 is 2.18 bits per heavy atom. The first-order valence-corrected chi connectivity index (χ1v) is 12.4. The SMILES string of the molecule is CCCCCNC(=O)[C@H](CCC(=O)O)NC(=O)[C@H](Cc1ccc(OP(=O)(O)O)cc1)NC(C)=O. The van der Waals surface area contributed by atoms with Gasteiger partial charge in [0.25, 0.3) is 0 Å². The van der Waals surface area contributed by atoms with Crippen LogP contribution in [-0.4, -0.2) is 57.2 Å². The molecule has 0 saturated carbocycles. The number of nitrogens with one attached hydrogen (secondary N) is 3. The van der Waals surface area contributed by atoms with E-state index in [0.717, 1.165) is 19.3 Å². The van der Waals surface area contributed by atoms with Gasteiger partial charge in [-0.15, -0.1) is 0 Å². The molecule has 3 amide bonds. The summed E-state index contributed by atoms with van der Waals surface area (Å²) in [5.74, 6) is -2.87. The molecule has 1 aromatic rings. The number of carboxylic acids is 1. The number of unbranched alkanes of at least 4 members (excludes halogenated alkanes) is 2. The Kier molecular flexibility index (Phi) is 12.3. The second-order valence-electron chi connectivity index (χ2n) is 7.67. The van der Waals surface area contributed by atoms with Gasteiger partial charge in [-0.1, -0.05) is 31.9 Å². The fraction of sp³-hybridized carbons (Fsp3) is 0.524. The van der Waals surface area contributed by atoms with Gasteiger partial charge in [-0.3, -0.25) is 29.0 Å².